The van der Waals surface area contributed by atoms with Crippen LogP contribution in [-0.2, 0) is 26.0 Å². The van der Waals surface area contributed by atoms with Gasteiger partial charge in [0.2, 0.25) is 11.8 Å². The zero-order chi connectivity index (χ0) is 21.0. The maximum Gasteiger partial charge on any atom is 0.255 e. The summed E-state index contributed by atoms with van der Waals surface area (Å²) < 4.78 is 23.3. The van der Waals surface area contributed by atoms with Crippen LogP contribution in [0, 0.1) is 0 Å². The normalized spacial score (nSPS) is 17.6. The van der Waals surface area contributed by atoms with Gasteiger partial charge in [-0.1, -0.05) is 18.2 Å². The summed E-state index contributed by atoms with van der Waals surface area (Å²) in [6, 6.07) is 6.31. The zero-order valence-corrected chi connectivity index (χ0v) is 17.4. The van der Waals surface area contributed by atoms with E-state index in [1.54, 1.807) is 17.0 Å². The first-order valence-electron chi connectivity index (χ1n) is 9.88. The van der Waals surface area contributed by atoms with Crippen LogP contribution in [0.3, 0.4) is 0 Å². The number of hydrogen-bond acceptors (Lipinski definition) is 5. The van der Waals surface area contributed by atoms with Crippen LogP contribution < -0.4 is 5.32 Å². The monoisotopic (exact) mass is 421 g/mol. The fourth-order valence-electron chi connectivity index (χ4n) is 3.82. The van der Waals surface area contributed by atoms with Crippen LogP contribution in [0.2, 0.25) is 0 Å². The van der Waals surface area contributed by atoms with Gasteiger partial charge in [0.1, 0.15) is 15.9 Å². The zero-order valence-electron chi connectivity index (χ0n) is 16.6. The van der Waals surface area contributed by atoms with E-state index in [0.29, 0.717) is 38.0 Å². The van der Waals surface area contributed by atoms with E-state index in [0.717, 1.165) is 24.8 Å². The number of nitrogens with zero attached hydrogens (tertiary/aromatic N) is 2. The number of fused-ring (bicyclic) bond motifs is 1. The SMILES string of the molecule is CS(=O)(=O)CC[C@@H](C(=O)NCCCN1CCCC1=O)N1Cc2ccccc2C1=O. The fourth-order valence-corrected chi connectivity index (χ4v) is 4.47. The van der Waals surface area contributed by atoms with Crippen molar-refractivity contribution in [1.29, 1.82) is 0 Å². The number of likely N-dealkylation sites (tertiary alicyclic amines) is 1. The van der Waals surface area contributed by atoms with Crippen molar-refractivity contribution in [2.24, 2.45) is 0 Å². The molecule has 9 heteroatoms. The number of sulfone groups is 1. The number of rotatable bonds is 9. The highest BCUT2D eigenvalue weighted by Crippen LogP contribution is 2.25. The molecule has 2 aliphatic rings. The minimum absolute atomic E-state index is 0.0506. The Morgan fingerprint density at radius 3 is 2.66 bits per heavy atom. The molecule has 3 amide bonds. The second kappa shape index (κ2) is 8.94. The number of carbonyl (C=O) groups excluding carboxylic acids is 3. The highest BCUT2D eigenvalue weighted by atomic mass is 32.2. The predicted molar refractivity (Wildman–Crippen MR) is 108 cm³/mol. The number of amides is 3. The first-order chi connectivity index (χ1) is 13.8. The Hall–Kier alpha value is -2.42. The molecule has 29 heavy (non-hydrogen) atoms. The van der Waals surface area contributed by atoms with Gasteiger partial charge in [0.25, 0.3) is 5.91 Å². The average Bonchev–Trinajstić information content (AvgIpc) is 3.22. The minimum atomic E-state index is -3.27. The van der Waals surface area contributed by atoms with Crippen molar-refractivity contribution in [1.82, 2.24) is 15.1 Å². The van der Waals surface area contributed by atoms with Gasteiger partial charge in [0.15, 0.2) is 0 Å². The number of hydrogen-bond donors (Lipinski definition) is 1. The third kappa shape index (κ3) is 5.35. The molecular formula is C20H27N3O5S. The molecule has 0 radical (unpaired) electrons. The molecule has 1 atom stereocenters. The highest BCUT2D eigenvalue weighted by Gasteiger charge is 2.36. The third-order valence-corrected chi connectivity index (χ3v) is 6.34. The third-order valence-electron chi connectivity index (χ3n) is 5.37. The molecule has 2 aliphatic heterocycles. The predicted octanol–water partition coefficient (Wildman–Crippen LogP) is 0.574. The molecule has 0 saturated carbocycles. The molecule has 0 aromatic heterocycles. The fraction of sp³-hybridized carbons (Fsp3) is 0.550. The standard InChI is InChI=1S/C20H27N3O5S/c1-29(27,28)13-9-17(23-14-15-6-2-3-7-16(15)20(23)26)19(25)21-10-5-12-22-11-4-8-18(22)24/h2-3,6-7,17H,4-5,8-14H2,1H3,(H,21,25)/t17-/m0/s1. The van der Waals surface area contributed by atoms with E-state index in [1.807, 2.05) is 12.1 Å². The summed E-state index contributed by atoms with van der Waals surface area (Å²) in [5.41, 5.74) is 1.39. The Morgan fingerprint density at radius 2 is 2.00 bits per heavy atom. The van der Waals surface area contributed by atoms with E-state index < -0.39 is 15.9 Å². The quantitative estimate of drug-likeness (QED) is 0.587. The van der Waals surface area contributed by atoms with Crippen LogP contribution in [-0.4, -0.2) is 73.6 Å². The Morgan fingerprint density at radius 1 is 1.24 bits per heavy atom. The summed E-state index contributed by atoms with van der Waals surface area (Å²) in [4.78, 5) is 40.5. The van der Waals surface area contributed by atoms with E-state index in [1.165, 1.54) is 4.90 Å². The van der Waals surface area contributed by atoms with E-state index in [4.69, 9.17) is 0 Å². The molecule has 1 N–H and O–H groups in total. The van der Waals surface area contributed by atoms with Gasteiger partial charge in [-0.15, -0.1) is 0 Å². The van der Waals surface area contributed by atoms with Crippen molar-refractivity contribution in [2.75, 3.05) is 31.6 Å². The molecule has 1 fully saturated rings. The van der Waals surface area contributed by atoms with Crippen molar-refractivity contribution in [2.45, 2.75) is 38.3 Å². The molecular weight excluding hydrogens is 394 g/mol. The number of benzene rings is 1. The lowest BCUT2D eigenvalue weighted by Crippen LogP contribution is -2.48. The first kappa shape index (κ1) is 21.3. The van der Waals surface area contributed by atoms with Crippen molar-refractivity contribution >= 4 is 27.6 Å². The van der Waals surface area contributed by atoms with E-state index in [9.17, 15) is 22.8 Å². The number of nitrogens with one attached hydrogen (secondary N) is 1. The van der Waals surface area contributed by atoms with Gasteiger partial charge >= 0.3 is 0 Å². The van der Waals surface area contributed by atoms with Crippen LogP contribution in [0.25, 0.3) is 0 Å². The summed E-state index contributed by atoms with van der Waals surface area (Å²) in [7, 11) is -3.27. The maximum absolute atomic E-state index is 12.8. The van der Waals surface area contributed by atoms with Crippen LogP contribution in [0.4, 0.5) is 0 Å². The molecule has 0 unspecified atom stereocenters. The first-order valence-corrected chi connectivity index (χ1v) is 11.9. The average molecular weight is 422 g/mol. The largest absolute Gasteiger partial charge is 0.354 e. The summed E-state index contributed by atoms with van der Waals surface area (Å²) in [5, 5.41) is 2.82. The molecule has 0 aliphatic carbocycles. The molecule has 1 aromatic rings. The van der Waals surface area contributed by atoms with E-state index >= 15 is 0 Å². The smallest absolute Gasteiger partial charge is 0.255 e. The molecule has 0 spiro atoms. The summed E-state index contributed by atoms with van der Waals surface area (Å²) in [6.45, 7) is 2.00. The minimum Gasteiger partial charge on any atom is -0.354 e. The lowest BCUT2D eigenvalue weighted by molar-refractivity contribution is -0.127. The van der Waals surface area contributed by atoms with E-state index in [-0.39, 0.29) is 29.9 Å². The van der Waals surface area contributed by atoms with Gasteiger partial charge in [0.05, 0.1) is 5.75 Å². The van der Waals surface area contributed by atoms with Gasteiger partial charge in [-0.25, -0.2) is 8.42 Å². The lowest BCUT2D eigenvalue weighted by atomic mass is 10.1. The lowest BCUT2D eigenvalue weighted by Gasteiger charge is -2.27. The summed E-state index contributed by atoms with van der Waals surface area (Å²) >= 11 is 0. The molecule has 8 nitrogen and oxygen atoms in total. The summed E-state index contributed by atoms with van der Waals surface area (Å²) in [6.07, 6.45) is 3.24. The van der Waals surface area contributed by atoms with Crippen LogP contribution in [0.1, 0.15) is 41.6 Å². The van der Waals surface area contributed by atoms with E-state index in [2.05, 4.69) is 5.32 Å². The van der Waals surface area contributed by atoms with Gasteiger partial charge in [-0.2, -0.15) is 0 Å². The Labute approximate surface area is 171 Å². The Bertz CT molecular complexity index is 899. The molecule has 158 valence electrons. The van der Waals surface area contributed by atoms with Crippen molar-refractivity contribution in [3.63, 3.8) is 0 Å². The molecule has 1 saturated heterocycles. The maximum atomic E-state index is 12.8. The van der Waals surface area contributed by atoms with Gasteiger partial charge in [-0.3, -0.25) is 14.4 Å². The van der Waals surface area contributed by atoms with Crippen LogP contribution in [0.15, 0.2) is 24.3 Å². The topological polar surface area (TPSA) is 104 Å². The van der Waals surface area contributed by atoms with Gasteiger partial charge in [0, 0.05) is 44.4 Å². The second-order valence-corrected chi connectivity index (χ2v) is 9.91. The Kier molecular flexibility index (Phi) is 6.56. The van der Waals surface area contributed by atoms with Crippen molar-refractivity contribution < 1.29 is 22.8 Å². The molecule has 3 rings (SSSR count). The molecule has 1 aromatic carbocycles. The molecule has 2 heterocycles. The van der Waals surface area contributed by atoms with Gasteiger partial charge in [-0.05, 0) is 30.9 Å². The van der Waals surface area contributed by atoms with Crippen LogP contribution >= 0.6 is 0 Å². The highest BCUT2D eigenvalue weighted by molar-refractivity contribution is 7.90. The Balaban J connectivity index is 1.61. The van der Waals surface area contributed by atoms with Crippen molar-refractivity contribution in [3.05, 3.63) is 35.4 Å². The van der Waals surface area contributed by atoms with Crippen molar-refractivity contribution in [3.8, 4) is 0 Å². The van der Waals surface area contributed by atoms with Crippen LogP contribution in [0.5, 0.6) is 0 Å². The summed E-state index contributed by atoms with van der Waals surface area (Å²) in [5.74, 6) is -0.643. The van der Waals surface area contributed by atoms with Gasteiger partial charge < -0.3 is 15.1 Å². The molecule has 0 bridgehead atoms. The number of carbonyl (C=O) groups is 3. The second-order valence-electron chi connectivity index (χ2n) is 7.65.